The largest absolute Gasteiger partial charge is 0.451 e. The maximum absolute atomic E-state index is 11.8. The number of thiazole rings is 1. The zero-order chi connectivity index (χ0) is 14.4. The Morgan fingerprint density at radius 3 is 2.95 bits per heavy atom. The maximum atomic E-state index is 11.8. The number of carbonyl (C=O) groups is 2. The molecular weight excluding hydrogens is 296 g/mol. The lowest BCUT2D eigenvalue weighted by atomic mass is 10.3. The molecule has 0 aliphatic rings. The molecule has 0 spiro atoms. The Hall–Kier alpha value is -1.73. The van der Waals surface area contributed by atoms with Crippen LogP contribution in [0.5, 0.6) is 0 Å². The van der Waals surface area contributed by atoms with Gasteiger partial charge in [0.15, 0.2) is 12.3 Å². The van der Waals surface area contributed by atoms with E-state index >= 15 is 0 Å². The molecule has 0 aliphatic carbocycles. The van der Waals surface area contributed by atoms with E-state index in [0.717, 1.165) is 17.0 Å². The van der Waals surface area contributed by atoms with Crippen molar-refractivity contribution in [3.63, 3.8) is 0 Å². The summed E-state index contributed by atoms with van der Waals surface area (Å²) in [6.07, 6.45) is 0.843. The molecule has 106 valence electrons. The smallest absolute Gasteiger partial charge is 0.358 e. The van der Waals surface area contributed by atoms with Gasteiger partial charge in [-0.3, -0.25) is 4.79 Å². The number of ether oxygens (including phenoxy) is 1. The van der Waals surface area contributed by atoms with Crippen LogP contribution in [0.1, 0.15) is 23.8 Å². The molecule has 2 rings (SSSR count). The number of carbonyl (C=O) groups excluding carboxylic acids is 2. The summed E-state index contributed by atoms with van der Waals surface area (Å²) in [4.78, 5) is 27.3. The number of amides is 1. The minimum Gasteiger partial charge on any atom is -0.451 e. The van der Waals surface area contributed by atoms with Gasteiger partial charge in [0.25, 0.3) is 5.91 Å². The van der Waals surface area contributed by atoms with E-state index < -0.39 is 5.97 Å². The first-order valence-electron chi connectivity index (χ1n) is 6.12. The monoisotopic (exact) mass is 310 g/mol. The fourth-order valence-corrected chi connectivity index (χ4v) is 2.91. The predicted octanol–water partition coefficient (Wildman–Crippen LogP) is 2.55. The van der Waals surface area contributed by atoms with Crippen LogP contribution in [0.2, 0.25) is 0 Å². The summed E-state index contributed by atoms with van der Waals surface area (Å²) in [6.45, 7) is 2.26. The van der Waals surface area contributed by atoms with Gasteiger partial charge in [0.1, 0.15) is 5.01 Å². The van der Waals surface area contributed by atoms with Crippen molar-refractivity contribution in [2.45, 2.75) is 13.3 Å². The lowest BCUT2D eigenvalue weighted by Crippen LogP contribution is -2.29. The molecule has 0 bridgehead atoms. The molecule has 1 N–H and O–H groups in total. The van der Waals surface area contributed by atoms with Crippen molar-refractivity contribution < 1.29 is 14.3 Å². The minimum atomic E-state index is -0.575. The second-order valence-electron chi connectivity index (χ2n) is 3.98. The van der Waals surface area contributed by atoms with E-state index in [0.29, 0.717) is 6.54 Å². The summed E-state index contributed by atoms with van der Waals surface area (Å²) in [5.74, 6) is -0.872. The second-order valence-corrected chi connectivity index (χ2v) is 5.61. The van der Waals surface area contributed by atoms with Crippen molar-refractivity contribution in [2.75, 3.05) is 13.2 Å². The summed E-state index contributed by atoms with van der Waals surface area (Å²) in [7, 11) is 0. The van der Waals surface area contributed by atoms with Gasteiger partial charge < -0.3 is 10.1 Å². The number of hydrogen-bond acceptors (Lipinski definition) is 6. The van der Waals surface area contributed by atoms with Crippen LogP contribution < -0.4 is 5.32 Å². The number of rotatable bonds is 6. The molecule has 0 aromatic carbocycles. The normalized spacial score (nSPS) is 10.2. The zero-order valence-electron chi connectivity index (χ0n) is 10.9. The lowest BCUT2D eigenvalue weighted by molar-refractivity contribution is -0.124. The molecule has 0 radical (unpaired) electrons. The van der Waals surface area contributed by atoms with Crippen LogP contribution >= 0.6 is 22.7 Å². The van der Waals surface area contributed by atoms with E-state index in [4.69, 9.17) is 4.74 Å². The summed E-state index contributed by atoms with van der Waals surface area (Å²) in [5, 5.41) is 8.96. The molecule has 7 heteroatoms. The van der Waals surface area contributed by atoms with Crippen LogP contribution in [-0.2, 0) is 9.53 Å². The molecule has 2 heterocycles. The molecule has 0 fully saturated rings. The fraction of sp³-hybridized carbons (Fsp3) is 0.308. The highest BCUT2D eigenvalue weighted by atomic mass is 32.1. The number of esters is 1. The summed E-state index contributed by atoms with van der Waals surface area (Å²) in [6, 6.07) is 1.94. The highest BCUT2D eigenvalue weighted by molar-refractivity contribution is 7.14. The Morgan fingerprint density at radius 1 is 1.40 bits per heavy atom. The Labute approximate surface area is 124 Å². The molecule has 2 aromatic rings. The van der Waals surface area contributed by atoms with Crippen LogP contribution in [0.4, 0.5) is 0 Å². The number of thiophene rings is 1. The SMILES string of the molecule is CCCNC(=O)COC(=O)c1csc(-c2ccsc2)n1. The molecule has 20 heavy (non-hydrogen) atoms. The number of nitrogens with zero attached hydrogens (tertiary/aromatic N) is 1. The summed E-state index contributed by atoms with van der Waals surface area (Å²) < 4.78 is 4.91. The fourth-order valence-electron chi connectivity index (χ4n) is 1.41. The van der Waals surface area contributed by atoms with Crippen LogP contribution in [0, 0.1) is 0 Å². The molecule has 0 aliphatic heterocycles. The van der Waals surface area contributed by atoms with Gasteiger partial charge in [0.2, 0.25) is 0 Å². The van der Waals surface area contributed by atoms with Gasteiger partial charge in [0, 0.05) is 22.9 Å². The second kappa shape index (κ2) is 7.16. The Kier molecular flexibility index (Phi) is 5.25. The average molecular weight is 310 g/mol. The van der Waals surface area contributed by atoms with Crippen molar-refractivity contribution in [3.05, 3.63) is 27.9 Å². The highest BCUT2D eigenvalue weighted by Gasteiger charge is 2.14. The number of aromatic nitrogens is 1. The lowest BCUT2D eigenvalue weighted by Gasteiger charge is -2.03. The molecule has 0 unspecified atom stereocenters. The molecule has 0 saturated carbocycles. The maximum Gasteiger partial charge on any atom is 0.358 e. The first-order chi connectivity index (χ1) is 9.70. The third-order valence-corrected chi connectivity index (χ3v) is 3.96. The van der Waals surface area contributed by atoms with E-state index in [9.17, 15) is 9.59 Å². The van der Waals surface area contributed by atoms with Crippen LogP contribution in [-0.4, -0.2) is 30.0 Å². The Bertz CT molecular complexity index is 578. The quantitative estimate of drug-likeness (QED) is 0.833. The van der Waals surface area contributed by atoms with E-state index in [1.54, 1.807) is 16.7 Å². The van der Waals surface area contributed by atoms with Gasteiger partial charge in [-0.2, -0.15) is 11.3 Å². The van der Waals surface area contributed by atoms with E-state index in [2.05, 4.69) is 10.3 Å². The third-order valence-electron chi connectivity index (χ3n) is 2.39. The van der Waals surface area contributed by atoms with Gasteiger partial charge >= 0.3 is 5.97 Å². The van der Waals surface area contributed by atoms with Crippen molar-refractivity contribution in [1.29, 1.82) is 0 Å². The van der Waals surface area contributed by atoms with Gasteiger partial charge in [0.05, 0.1) is 0 Å². The van der Waals surface area contributed by atoms with Crippen molar-refractivity contribution >= 4 is 34.6 Å². The third kappa shape index (κ3) is 3.88. The molecule has 5 nitrogen and oxygen atoms in total. The van der Waals surface area contributed by atoms with Crippen molar-refractivity contribution in [2.24, 2.45) is 0 Å². The summed E-state index contributed by atoms with van der Waals surface area (Å²) >= 11 is 2.95. The van der Waals surface area contributed by atoms with Gasteiger partial charge in [-0.05, 0) is 17.9 Å². The van der Waals surface area contributed by atoms with E-state index in [-0.39, 0.29) is 18.2 Å². The number of hydrogen-bond donors (Lipinski definition) is 1. The number of nitrogens with one attached hydrogen (secondary N) is 1. The van der Waals surface area contributed by atoms with E-state index in [1.165, 1.54) is 11.3 Å². The van der Waals surface area contributed by atoms with Crippen LogP contribution in [0.25, 0.3) is 10.6 Å². The zero-order valence-corrected chi connectivity index (χ0v) is 12.6. The van der Waals surface area contributed by atoms with Crippen molar-refractivity contribution in [3.8, 4) is 10.6 Å². The van der Waals surface area contributed by atoms with E-state index in [1.807, 2.05) is 23.8 Å². The topological polar surface area (TPSA) is 68.3 Å². The van der Waals surface area contributed by atoms with Gasteiger partial charge in [-0.25, -0.2) is 9.78 Å². The molecular formula is C13H14N2O3S2. The summed E-state index contributed by atoms with van der Waals surface area (Å²) in [5.41, 5.74) is 1.22. The molecule has 2 aromatic heterocycles. The minimum absolute atomic E-state index is 0.236. The molecule has 0 atom stereocenters. The van der Waals surface area contributed by atoms with Crippen LogP contribution in [0.15, 0.2) is 22.2 Å². The first kappa shape index (κ1) is 14.7. The predicted molar refractivity (Wildman–Crippen MR) is 79.0 cm³/mol. The highest BCUT2D eigenvalue weighted by Crippen LogP contribution is 2.25. The first-order valence-corrected chi connectivity index (χ1v) is 7.95. The average Bonchev–Trinajstić information content (AvgIpc) is 3.11. The van der Waals surface area contributed by atoms with Crippen molar-refractivity contribution in [1.82, 2.24) is 10.3 Å². The molecule has 1 amide bonds. The van der Waals surface area contributed by atoms with Gasteiger partial charge in [-0.1, -0.05) is 6.92 Å². The van der Waals surface area contributed by atoms with Gasteiger partial charge in [-0.15, -0.1) is 11.3 Å². The Balaban J connectivity index is 1.88. The standard InChI is InChI=1S/C13H14N2O3S2/c1-2-4-14-11(16)6-18-13(17)10-8-20-12(15-10)9-3-5-19-7-9/h3,5,7-8H,2,4,6H2,1H3,(H,14,16). The van der Waals surface area contributed by atoms with Crippen LogP contribution in [0.3, 0.4) is 0 Å². The Morgan fingerprint density at radius 2 is 2.25 bits per heavy atom. The molecule has 0 saturated heterocycles.